The molecule has 20 heavy (non-hydrogen) atoms. The van der Waals surface area contributed by atoms with Crippen molar-refractivity contribution in [1.82, 2.24) is 15.5 Å². The van der Waals surface area contributed by atoms with Crippen LogP contribution in [-0.4, -0.2) is 33.4 Å². The predicted octanol–water partition coefficient (Wildman–Crippen LogP) is 1.70. The van der Waals surface area contributed by atoms with E-state index in [0.29, 0.717) is 17.1 Å². The molecule has 0 aromatic carbocycles. The second-order valence-corrected chi connectivity index (χ2v) is 5.08. The van der Waals surface area contributed by atoms with Crippen LogP contribution in [0, 0.1) is 0 Å². The van der Waals surface area contributed by atoms with E-state index in [2.05, 4.69) is 15.5 Å². The van der Waals surface area contributed by atoms with E-state index in [1.807, 2.05) is 0 Å². The molecule has 2 heterocycles. The first-order valence-electron chi connectivity index (χ1n) is 6.82. The van der Waals surface area contributed by atoms with Crippen molar-refractivity contribution >= 4 is 5.91 Å². The number of aliphatic hydroxyl groups is 1. The van der Waals surface area contributed by atoms with Crippen molar-refractivity contribution in [1.29, 1.82) is 0 Å². The molecule has 0 aliphatic heterocycles. The van der Waals surface area contributed by atoms with Crippen LogP contribution >= 0.6 is 0 Å². The molecule has 1 aliphatic carbocycles. The highest BCUT2D eigenvalue weighted by atomic mass is 16.3. The molecule has 1 aliphatic rings. The van der Waals surface area contributed by atoms with E-state index in [1.54, 1.807) is 24.5 Å². The summed E-state index contributed by atoms with van der Waals surface area (Å²) in [6.45, 7) is 0. The van der Waals surface area contributed by atoms with E-state index < -0.39 is 6.10 Å². The lowest BCUT2D eigenvalue weighted by Gasteiger charge is -2.27. The maximum absolute atomic E-state index is 12.1. The third-order valence-corrected chi connectivity index (χ3v) is 3.64. The Labute approximate surface area is 116 Å². The zero-order chi connectivity index (χ0) is 13.9. The number of rotatable bonds is 3. The van der Waals surface area contributed by atoms with Gasteiger partial charge in [0, 0.05) is 6.07 Å². The molecule has 106 valence electrons. The monoisotopic (exact) mass is 275 g/mol. The summed E-state index contributed by atoms with van der Waals surface area (Å²) in [4.78, 5) is 12.1. The van der Waals surface area contributed by atoms with E-state index in [-0.39, 0.29) is 11.9 Å². The zero-order valence-electron chi connectivity index (χ0n) is 11.0. The van der Waals surface area contributed by atoms with Crippen molar-refractivity contribution in [3.05, 3.63) is 30.2 Å². The number of H-pyrrole nitrogens is 1. The quantitative estimate of drug-likeness (QED) is 0.795. The van der Waals surface area contributed by atoms with Gasteiger partial charge in [-0.3, -0.25) is 9.89 Å². The fraction of sp³-hybridized carbons (Fsp3) is 0.429. The van der Waals surface area contributed by atoms with Gasteiger partial charge in [0.1, 0.15) is 5.69 Å². The van der Waals surface area contributed by atoms with Crippen LogP contribution in [0.15, 0.2) is 28.9 Å². The average molecular weight is 275 g/mol. The average Bonchev–Trinajstić information content (AvgIpc) is 3.11. The Morgan fingerprint density at radius 1 is 1.45 bits per heavy atom. The van der Waals surface area contributed by atoms with E-state index in [0.717, 1.165) is 25.7 Å². The highest BCUT2D eigenvalue weighted by Crippen LogP contribution is 2.20. The van der Waals surface area contributed by atoms with Crippen molar-refractivity contribution < 1.29 is 14.3 Å². The van der Waals surface area contributed by atoms with Gasteiger partial charge in [0.05, 0.1) is 18.4 Å². The van der Waals surface area contributed by atoms with Gasteiger partial charge in [-0.15, -0.1) is 0 Å². The summed E-state index contributed by atoms with van der Waals surface area (Å²) in [6, 6.07) is 5.03. The third-order valence-electron chi connectivity index (χ3n) is 3.64. The Hall–Kier alpha value is -2.08. The number of furan rings is 1. The molecule has 2 aromatic heterocycles. The summed E-state index contributed by atoms with van der Waals surface area (Å²) in [5.74, 6) is 0.360. The van der Waals surface area contributed by atoms with Crippen LogP contribution in [0.25, 0.3) is 11.5 Å². The van der Waals surface area contributed by atoms with Gasteiger partial charge in [-0.1, -0.05) is 12.8 Å². The van der Waals surface area contributed by atoms with Gasteiger partial charge in [0.25, 0.3) is 5.91 Å². The van der Waals surface area contributed by atoms with Gasteiger partial charge in [0.15, 0.2) is 11.5 Å². The van der Waals surface area contributed by atoms with Crippen molar-refractivity contribution in [2.24, 2.45) is 0 Å². The van der Waals surface area contributed by atoms with E-state index in [9.17, 15) is 9.90 Å². The number of aromatic nitrogens is 2. The maximum atomic E-state index is 12.1. The van der Waals surface area contributed by atoms with E-state index in [1.165, 1.54) is 0 Å². The Kier molecular flexibility index (Phi) is 3.56. The molecule has 6 heteroatoms. The summed E-state index contributed by atoms with van der Waals surface area (Å²) in [6.07, 6.45) is 4.69. The minimum atomic E-state index is -0.462. The number of aliphatic hydroxyl groups excluding tert-OH is 1. The summed E-state index contributed by atoms with van der Waals surface area (Å²) < 4.78 is 5.24. The minimum absolute atomic E-state index is 0.181. The molecule has 1 fully saturated rings. The first-order chi connectivity index (χ1) is 9.74. The van der Waals surface area contributed by atoms with Gasteiger partial charge in [-0.2, -0.15) is 5.10 Å². The van der Waals surface area contributed by atoms with Gasteiger partial charge in [-0.25, -0.2) is 0 Å². The number of nitrogens with zero attached hydrogens (tertiary/aromatic N) is 1. The first kappa shape index (κ1) is 12.9. The fourth-order valence-corrected chi connectivity index (χ4v) is 2.52. The summed E-state index contributed by atoms with van der Waals surface area (Å²) >= 11 is 0. The molecule has 2 aromatic rings. The van der Waals surface area contributed by atoms with Gasteiger partial charge < -0.3 is 14.8 Å². The van der Waals surface area contributed by atoms with Crippen molar-refractivity contribution in [3.8, 4) is 11.5 Å². The standard InChI is InChI=1S/C14H17N3O3/c18-12-5-2-1-4-9(12)15-14(19)11-8-10(16-17-11)13-6-3-7-20-13/h3,6-9,12,18H,1-2,4-5H2,(H,15,19)(H,16,17). The van der Waals surface area contributed by atoms with Crippen LogP contribution in [0.2, 0.25) is 0 Å². The van der Waals surface area contributed by atoms with E-state index in [4.69, 9.17) is 4.42 Å². The molecule has 0 saturated heterocycles. The normalized spacial score (nSPS) is 22.6. The SMILES string of the molecule is O=C(NC1CCCCC1O)c1cc(-c2ccco2)[nH]n1. The molecule has 0 bridgehead atoms. The smallest absolute Gasteiger partial charge is 0.272 e. The number of nitrogens with one attached hydrogen (secondary N) is 2. The Morgan fingerprint density at radius 2 is 2.30 bits per heavy atom. The second kappa shape index (κ2) is 5.50. The predicted molar refractivity (Wildman–Crippen MR) is 72.0 cm³/mol. The molecule has 3 rings (SSSR count). The third kappa shape index (κ3) is 2.60. The summed E-state index contributed by atoms with van der Waals surface area (Å²) in [5, 5.41) is 19.5. The zero-order valence-corrected chi connectivity index (χ0v) is 11.0. The number of carbonyl (C=O) groups excluding carboxylic acids is 1. The first-order valence-corrected chi connectivity index (χ1v) is 6.82. The molecule has 2 atom stereocenters. The van der Waals surface area contributed by atoms with Gasteiger partial charge in [-0.05, 0) is 25.0 Å². The van der Waals surface area contributed by atoms with Crippen LogP contribution < -0.4 is 5.32 Å². The summed E-state index contributed by atoms with van der Waals surface area (Å²) in [7, 11) is 0. The molecule has 0 radical (unpaired) electrons. The largest absolute Gasteiger partial charge is 0.463 e. The van der Waals surface area contributed by atoms with Crippen LogP contribution in [0.4, 0.5) is 0 Å². The van der Waals surface area contributed by atoms with Gasteiger partial charge in [0.2, 0.25) is 0 Å². The Bertz CT molecular complexity index is 576. The molecule has 6 nitrogen and oxygen atoms in total. The minimum Gasteiger partial charge on any atom is -0.463 e. The maximum Gasteiger partial charge on any atom is 0.272 e. The van der Waals surface area contributed by atoms with Crippen LogP contribution in [0.3, 0.4) is 0 Å². The summed E-state index contributed by atoms with van der Waals surface area (Å²) in [5.41, 5.74) is 0.957. The lowest BCUT2D eigenvalue weighted by Crippen LogP contribution is -2.45. The van der Waals surface area contributed by atoms with Crippen LogP contribution in [0.5, 0.6) is 0 Å². The molecular formula is C14H17N3O3. The molecule has 3 N–H and O–H groups in total. The lowest BCUT2D eigenvalue weighted by atomic mass is 9.92. The van der Waals surface area contributed by atoms with Crippen molar-refractivity contribution in [2.75, 3.05) is 0 Å². The number of aromatic amines is 1. The molecule has 1 saturated carbocycles. The molecule has 0 spiro atoms. The fourth-order valence-electron chi connectivity index (χ4n) is 2.52. The van der Waals surface area contributed by atoms with Crippen molar-refractivity contribution in [3.63, 3.8) is 0 Å². The topological polar surface area (TPSA) is 91.1 Å². The number of carbonyl (C=O) groups is 1. The lowest BCUT2D eigenvalue weighted by molar-refractivity contribution is 0.0714. The molecule has 1 amide bonds. The van der Waals surface area contributed by atoms with Gasteiger partial charge >= 0.3 is 0 Å². The highest BCUT2D eigenvalue weighted by Gasteiger charge is 2.25. The van der Waals surface area contributed by atoms with Crippen LogP contribution in [-0.2, 0) is 0 Å². The second-order valence-electron chi connectivity index (χ2n) is 5.08. The number of hydrogen-bond acceptors (Lipinski definition) is 4. The number of amides is 1. The molecular weight excluding hydrogens is 258 g/mol. The Balaban J connectivity index is 1.68. The van der Waals surface area contributed by atoms with Crippen molar-refractivity contribution in [2.45, 2.75) is 37.8 Å². The number of hydrogen-bond donors (Lipinski definition) is 3. The Morgan fingerprint density at radius 3 is 3.05 bits per heavy atom. The molecule has 2 unspecified atom stereocenters. The highest BCUT2D eigenvalue weighted by molar-refractivity contribution is 5.93. The van der Waals surface area contributed by atoms with Crippen LogP contribution in [0.1, 0.15) is 36.2 Å². The van der Waals surface area contributed by atoms with E-state index >= 15 is 0 Å².